The van der Waals surface area contributed by atoms with E-state index in [1.54, 1.807) is 10.7 Å². The Morgan fingerprint density at radius 3 is 2.62 bits per heavy atom. The number of hydrogen-bond acceptors (Lipinski definition) is 3. The molecule has 1 aromatic carbocycles. The topological polar surface area (TPSA) is 56.2 Å². The highest BCUT2D eigenvalue weighted by molar-refractivity contribution is 6.05. The molecule has 0 saturated heterocycles. The zero-order chi connectivity index (χ0) is 18.7. The number of anilines is 1. The van der Waals surface area contributed by atoms with E-state index in [1.807, 2.05) is 0 Å². The second-order valence-electron chi connectivity index (χ2n) is 6.01. The number of carbonyl (C=O) groups is 1. The van der Waals surface area contributed by atoms with Crippen molar-refractivity contribution in [3.8, 4) is 5.75 Å². The molecule has 1 heterocycles. The van der Waals surface area contributed by atoms with Gasteiger partial charge < -0.3 is 10.1 Å². The third kappa shape index (κ3) is 3.81. The molecular formula is C17H17F4N3O2. The first-order chi connectivity index (χ1) is 12.4. The predicted molar refractivity (Wildman–Crippen MR) is 85.7 cm³/mol. The average Bonchev–Trinajstić information content (AvgIpc) is 3.25. The summed E-state index contributed by atoms with van der Waals surface area (Å²) in [5.41, 5.74) is -0.271. The van der Waals surface area contributed by atoms with E-state index >= 15 is 0 Å². The fourth-order valence-corrected chi connectivity index (χ4v) is 2.97. The van der Waals surface area contributed by atoms with Crippen LogP contribution in [0.3, 0.4) is 0 Å². The van der Waals surface area contributed by atoms with Gasteiger partial charge in [0.15, 0.2) is 0 Å². The van der Waals surface area contributed by atoms with Crippen LogP contribution < -0.4 is 10.1 Å². The maximum absolute atomic E-state index is 13.2. The summed E-state index contributed by atoms with van der Waals surface area (Å²) in [5, 5.41) is 6.79. The minimum Gasteiger partial charge on any atom is -0.427 e. The van der Waals surface area contributed by atoms with Crippen LogP contribution in [0.4, 0.5) is 23.4 Å². The predicted octanol–water partition coefficient (Wildman–Crippen LogP) is 4.49. The lowest BCUT2D eigenvalue weighted by molar-refractivity contribution is -0.253. The maximum Gasteiger partial charge on any atom is 0.461 e. The van der Waals surface area contributed by atoms with Crippen molar-refractivity contribution < 1.29 is 27.1 Å². The lowest BCUT2D eigenvalue weighted by Crippen LogP contribution is -2.34. The summed E-state index contributed by atoms with van der Waals surface area (Å²) in [4.78, 5) is 12.5. The largest absolute Gasteiger partial charge is 0.461 e. The van der Waals surface area contributed by atoms with E-state index < -0.39 is 24.2 Å². The third-order valence-electron chi connectivity index (χ3n) is 4.21. The Morgan fingerprint density at radius 1 is 1.23 bits per heavy atom. The van der Waals surface area contributed by atoms with Gasteiger partial charge in [-0.05, 0) is 25.0 Å². The normalized spacial score (nSPS) is 15.4. The number of aromatic nitrogens is 2. The van der Waals surface area contributed by atoms with Crippen LogP contribution in [0.1, 0.15) is 42.1 Å². The summed E-state index contributed by atoms with van der Waals surface area (Å²) >= 11 is 0. The molecule has 0 radical (unpaired) electrons. The smallest absolute Gasteiger partial charge is 0.427 e. The Balaban J connectivity index is 1.80. The van der Waals surface area contributed by atoms with Crippen LogP contribution in [0.5, 0.6) is 5.75 Å². The van der Waals surface area contributed by atoms with Gasteiger partial charge >= 0.3 is 12.5 Å². The Hall–Kier alpha value is -2.58. The number of para-hydroxylation sites is 1. The van der Waals surface area contributed by atoms with Gasteiger partial charge in [-0.25, -0.2) is 4.68 Å². The molecule has 5 nitrogen and oxygen atoms in total. The van der Waals surface area contributed by atoms with Gasteiger partial charge in [0.05, 0.1) is 17.8 Å². The van der Waals surface area contributed by atoms with Crippen molar-refractivity contribution in [2.45, 2.75) is 44.3 Å². The second-order valence-corrected chi connectivity index (χ2v) is 6.01. The Kier molecular flexibility index (Phi) is 5.15. The minimum atomic E-state index is -4.69. The number of nitrogens with one attached hydrogen (secondary N) is 1. The van der Waals surface area contributed by atoms with Crippen molar-refractivity contribution in [3.63, 3.8) is 0 Å². The summed E-state index contributed by atoms with van der Waals surface area (Å²) in [7, 11) is 0. The average molecular weight is 371 g/mol. The van der Waals surface area contributed by atoms with E-state index in [0.717, 1.165) is 31.7 Å². The van der Waals surface area contributed by atoms with Crippen molar-refractivity contribution in [1.29, 1.82) is 0 Å². The fraction of sp³-hybridized carbons (Fsp3) is 0.412. The molecule has 0 bridgehead atoms. The molecule has 140 valence electrons. The number of benzene rings is 1. The molecule has 1 aliphatic rings. The van der Waals surface area contributed by atoms with Crippen molar-refractivity contribution in [1.82, 2.24) is 9.78 Å². The molecule has 1 amide bonds. The van der Waals surface area contributed by atoms with Gasteiger partial charge in [-0.3, -0.25) is 4.79 Å². The summed E-state index contributed by atoms with van der Waals surface area (Å²) < 4.78 is 56.9. The van der Waals surface area contributed by atoms with E-state index in [9.17, 15) is 22.4 Å². The van der Waals surface area contributed by atoms with Gasteiger partial charge in [-0.15, -0.1) is 0 Å². The molecule has 1 fully saturated rings. The molecule has 1 aromatic heterocycles. The number of alkyl halides is 4. The van der Waals surface area contributed by atoms with Gasteiger partial charge in [0.1, 0.15) is 11.6 Å². The molecule has 0 aliphatic heterocycles. The van der Waals surface area contributed by atoms with Crippen LogP contribution >= 0.6 is 0 Å². The van der Waals surface area contributed by atoms with Crippen LogP contribution in [-0.4, -0.2) is 28.2 Å². The molecule has 0 unspecified atom stereocenters. The molecule has 2 aromatic rings. The lowest BCUT2D eigenvalue weighted by atomic mass is 10.2. The Labute approximate surface area is 146 Å². The minimum absolute atomic E-state index is 0.162. The van der Waals surface area contributed by atoms with Gasteiger partial charge in [-0.2, -0.15) is 22.7 Å². The van der Waals surface area contributed by atoms with Crippen molar-refractivity contribution in [2.24, 2.45) is 0 Å². The summed E-state index contributed by atoms with van der Waals surface area (Å²) in [6.45, 7) is 0. The van der Waals surface area contributed by atoms with Crippen LogP contribution in [-0.2, 0) is 0 Å². The number of halogens is 4. The second kappa shape index (κ2) is 7.35. The number of carbonyl (C=O) groups excluding carboxylic acids is 1. The molecule has 0 spiro atoms. The summed E-state index contributed by atoms with van der Waals surface area (Å²) in [5.74, 6) is -0.954. The first-order valence-corrected chi connectivity index (χ1v) is 8.17. The van der Waals surface area contributed by atoms with Crippen LogP contribution in [0.25, 0.3) is 0 Å². The molecule has 26 heavy (non-hydrogen) atoms. The Morgan fingerprint density at radius 2 is 1.92 bits per heavy atom. The molecule has 1 saturated carbocycles. The van der Waals surface area contributed by atoms with Gasteiger partial charge in [-0.1, -0.05) is 25.0 Å². The number of hydrogen-bond donors (Lipinski definition) is 1. The monoisotopic (exact) mass is 371 g/mol. The van der Waals surface area contributed by atoms with Crippen molar-refractivity contribution >= 4 is 11.7 Å². The van der Waals surface area contributed by atoms with Crippen LogP contribution in [0.15, 0.2) is 36.5 Å². The van der Waals surface area contributed by atoms with E-state index in [2.05, 4.69) is 15.2 Å². The van der Waals surface area contributed by atoms with Crippen molar-refractivity contribution in [2.75, 3.05) is 5.32 Å². The van der Waals surface area contributed by atoms with Crippen LogP contribution in [0, 0.1) is 0 Å². The molecular weight excluding hydrogens is 354 g/mol. The third-order valence-corrected chi connectivity index (χ3v) is 4.21. The highest BCUT2D eigenvalue weighted by Crippen LogP contribution is 2.32. The first-order valence-electron chi connectivity index (χ1n) is 8.17. The number of ether oxygens (including phenoxy) is 1. The molecule has 9 heteroatoms. The fourth-order valence-electron chi connectivity index (χ4n) is 2.97. The number of rotatable bonds is 6. The van der Waals surface area contributed by atoms with E-state index in [4.69, 9.17) is 0 Å². The van der Waals surface area contributed by atoms with E-state index in [0.29, 0.717) is 5.82 Å². The number of nitrogens with zero attached hydrogens (tertiary/aromatic N) is 2. The molecule has 3 rings (SSSR count). The van der Waals surface area contributed by atoms with Gasteiger partial charge in [0, 0.05) is 6.07 Å². The van der Waals surface area contributed by atoms with E-state index in [1.165, 1.54) is 24.4 Å². The van der Waals surface area contributed by atoms with Gasteiger partial charge in [0.2, 0.25) is 0 Å². The SMILES string of the molecule is O=C(Nc1ccnn1C1CCCC1)c1ccccc1OC(F)(F)C(F)F. The van der Waals surface area contributed by atoms with Gasteiger partial charge in [0.25, 0.3) is 5.91 Å². The molecule has 0 atom stereocenters. The zero-order valence-corrected chi connectivity index (χ0v) is 13.7. The summed E-state index contributed by atoms with van der Waals surface area (Å²) in [6.07, 6.45) is -3.17. The lowest BCUT2D eigenvalue weighted by Gasteiger charge is -2.19. The first kappa shape index (κ1) is 18.2. The number of amides is 1. The standard InChI is InChI=1S/C17H17F4N3O2/c18-16(19)17(20,21)26-13-8-4-3-7-12(13)15(25)23-14-9-10-22-24(14)11-5-1-2-6-11/h3-4,7-11,16H,1-2,5-6H2,(H,23,25). The quantitative estimate of drug-likeness (QED) is 0.762. The summed E-state index contributed by atoms with van der Waals surface area (Å²) in [6, 6.07) is 6.76. The highest BCUT2D eigenvalue weighted by atomic mass is 19.3. The van der Waals surface area contributed by atoms with E-state index in [-0.39, 0.29) is 11.6 Å². The highest BCUT2D eigenvalue weighted by Gasteiger charge is 2.44. The molecule has 1 N–H and O–H groups in total. The zero-order valence-electron chi connectivity index (χ0n) is 13.7. The molecule has 1 aliphatic carbocycles. The maximum atomic E-state index is 13.2. The Bertz CT molecular complexity index is 773. The van der Waals surface area contributed by atoms with Crippen LogP contribution in [0.2, 0.25) is 0 Å². The van der Waals surface area contributed by atoms with Crippen molar-refractivity contribution in [3.05, 3.63) is 42.1 Å².